The summed E-state index contributed by atoms with van der Waals surface area (Å²) in [7, 11) is 3.50. The molecule has 0 radical (unpaired) electrons. The van der Waals surface area contributed by atoms with Crippen molar-refractivity contribution in [1.82, 2.24) is 0 Å². The van der Waals surface area contributed by atoms with E-state index in [1.165, 1.54) is 10.5 Å². The maximum Gasteiger partial charge on any atom is 0.303 e. The Morgan fingerprint density at radius 2 is 2.29 bits per heavy atom. The summed E-state index contributed by atoms with van der Waals surface area (Å²) in [6, 6.07) is 0. The van der Waals surface area contributed by atoms with Gasteiger partial charge in [-0.3, -0.25) is 4.79 Å². The Morgan fingerprint density at radius 1 is 1.47 bits per heavy atom. The lowest BCUT2D eigenvalue weighted by atomic mass is 10.1. The second kappa shape index (κ2) is 8.48. The molecule has 0 aromatic heterocycles. The topological polar surface area (TPSA) is 37.3 Å². The Kier molecular flexibility index (Phi) is 7.21. The number of rotatable bonds is 6. The molecule has 0 amide bonds. The van der Waals surface area contributed by atoms with Gasteiger partial charge in [-0.2, -0.15) is 0 Å². The second-order valence-corrected chi connectivity index (χ2v) is 6.33. The molecule has 0 aromatic carbocycles. The lowest BCUT2D eigenvalue weighted by Crippen LogP contribution is -1.94. The first-order valence-corrected chi connectivity index (χ1v) is 8.06. The normalized spacial score (nSPS) is 15.8. The van der Waals surface area contributed by atoms with Crippen LogP contribution in [-0.4, -0.2) is 16.8 Å². The lowest BCUT2D eigenvalue weighted by molar-refractivity contribution is -0.137. The van der Waals surface area contributed by atoms with Crippen molar-refractivity contribution in [3.8, 4) is 0 Å². The predicted molar refractivity (Wildman–Crippen MR) is 77.1 cm³/mol. The fourth-order valence-corrected chi connectivity index (χ4v) is 3.80. The van der Waals surface area contributed by atoms with Crippen LogP contribution in [0.1, 0.15) is 32.6 Å². The van der Waals surface area contributed by atoms with Gasteiger partial charge in [0.2, 0.25) is 0 Å². The van der Waals surface area contributed by atoms with Crippen LogP contribution in [0.25, 0.3) is 0 Å². The predicted octanol–water partition coefficient (Wildman–Crippen LogP) is 4.41. The highest BCUT2D eigenvalue weighted by molar-refractivity contribution is 8.78. The summed E-state index contributed by atoms with van der Waals surface area (Å²) >= 11 is 0. The summed E-state index contributed by atoms with van der Waals surface area (Å²) in [4.78, 5) is 11.7. The van der Waals surface area contributed by atoms with Gasteiger partial charge in [-0.05, 0) is 32.3 Å². The summed E-state index contributed by atoms with van der Waals surface area (Å²) in [6.45, 7) is 2.17. The minimum Gasteiger partial charge on any atom is -0.481 e. The van der Waals surface area contributed by atoms with Gasteiger partial charge < -0.3 is 5.11 Å². The van der Waals surface area contributed by atoms with Crippen LogP contribution in [0.2, 0.25) is 0 Å². The third kappa shape index (κ3) is 6.64. The van der Waals surface area contributed by atoms with E-state index in [-0.39, 0.29) is 6.42 Å². The summed E-state index contributed by atoms with van der Waals surface area (Å²) in [5.74, 6) is 0.180. The molecule has 0 heterocycles. The van der Waals surface area contributed by atoms with Crippen molar-refractivity contribution >= 4 is 27.6 Å². The highest BCUT2D eigenvalue weighted by Crippen LogP contribution is 2.35. The molecule has 1 rings (SSSR count). The standard InChI is InChI=1S/C13H18O2S2/c1-11-7-4-2-3-5-8-12(11)17-16-10-6-9-13(14)15/h2-3,5,8H,4,6-7,9-10H2,1H3,(H,14,15). The molecule has 1 N–H and O–H groups in total. The lowest BCUT2D eigenvalue weighted by Gasteiger charge is -2.08. The third-order valence-corrected chi connectivity index (χ3v) is 5.00. The molecule has 94 valence electrons. The molecular weight excluding hydrogens is 252 g/mol. The average Bonchev–Trinajstić information content (AvgIpc) is 2.26. The van der Waals surface area contributed by atoms with Crippen molar-refractivity contribution in [2.24, 2.45) is 0 Å². The summed E-state index contributed by atoms with van der Waals surface area (Å²) in [6.07, 6.45) is 11.7. The van der Waals surface area contributed by atoms with E-state index in [0.29, 0.717) is 0 Å². The van der Waals surface area contributed by atoms with E-state index in [9.17, 15) is 4.79 Å². The van der Waals surface area contributed by atoms with Crippen LogP contribution in [0, 0.1) is 0 Å². The van der Waals surface area contributed by atoms with Crippen molar-refractivity contribution in [3.63, 3.8) is 0 Å². The first kappa shape index (κ1) is 14.5. The molecule has 0 fully saturated rings. The average molecular weight is 270 g/mol. The molecule has 0 aliphatic heterocycles. The van der Waals surface area contributed by atoms with E-state index in [2.05, 4.69) is 31.2 Å². The minimum absolute atomic E-state index is 0.268. The molecule has 17 heavy (non-hydrogen) atoms. The van der Waals surface area contributed by atoms with Crippen molar-refractivity contribution in [1.29, 1.82) is 0 Å². The van der Waals surface area contributed by atoms with Gasteiger partial charge in [-0.1, -0.05) is 45.4 Å². The van der Waals surface area contributed by atoms with Crippen LogP contribution in [0.3, 0.4) is 0 Å². The zero-order valence-corrected chi connectivity index (χ0v) is 11.6. The minimum atomic E-state index is -0.706. The van der Waals surface area contributed by atoms with Crippen LogP contribution in [-0.2, 0) is 4.79 Å². The Morgan fingerprint density at radius 3 is 3.06 bits per heavy atom. The van der Waals surface area contributed by atoms with Crippen molar-refractivity contribution in [2.45, 2.75) is 32.6 Å². The number of aliphatic carboxylic acids is 1. The summed E-state index contributed by atoms with van der Waals surface area (Å²) < 4.78 is 0. The number of hydrogen-bond acceptors (Lipinski definition) is 3. The van der Waals surface area contributed by atoms with Gasteiger partial charge in [-0.25, -0.2) is 0 Å². The molecule has 0 saturated carbocycles. The van der Waals surface area contributed by atoms with E-state index >= 15 is 0 Å². The van der Waals surface area contributed by atoms with E-state index in [4.69, 9.17) is 5.11 Å². The maximum absolute atomic E-state index is 10.4. The molecule has 0 spiro atoms. The molecule has 0 unspecified atom stereocenters. The number of carboxylic acids is 1. The first-order chi connectivity index (χ1) is 8.20. The van der Waals surface area contributed by atoms with Gasteiger partial charge in [-0.15, -0.1) is 0 Å². The van der Waals surface area contributed by atoms with Gasteiger partial charge in [0.15, 0.2) is 0 Å². The van der Waals surface area contributed by atoms with Crippen LogP contribution in [0.5, 0.6) is 0 Å². The molecule has 0 saturated heterocycles. The quantitative estimate of drug-likeness (QED) is 0.573. The Balaban J connectivity index is 2.31. The molecule has 1 aliphatic rings. The SMILES string of the molecule is CC1=C(SSCCCC(=O)O)C=CC=CCC1. The Bertz CT molecular complexity index is 343. The van der Waals surface area contributed by atoms with Gasteiger partial charge >= 0.3 is 5.97 Å². The number of carbonyl (C=O) groups is 1. The monoisotopic (exact) mass is 270 g/mol. The van der Waals surface area contributed by atoms with E-state index in [1.807, 2.05) is 0 Å². The fourth-order valence-electron chi connectivity index (χ4n) is 1.37. The summed E-state index contributed by atoms with van der Waals surface area (Å²) in [5.41, 5.74) is 1.42. The van der Waals surface area contributed by atoms with Crippen molar-refractivity contribution < 1.29 is 9.90 Å². The van der Waals surface area contributed by atoms with Crippen LogP contribution in [0.4, 0.5) is 0 Å². The zero-order chi connectivity index (χ0) is 12.5. The number of hydrogen-bond donors (Lipinski definition) is 1. The third-order valence-electron chi connectivity index (χ3n) is 2.37. The van der Waals surface area contributed by atoms with Gasteiger partial charge in [0.25, 0.3) is 0 Å². The Labute approximate surface area is 111 Å². The first-order valence-electron chi connectivity index (χ1n) is 5.74. The molecule has 4 heteroatoms. The van der Waals surface area contributed by atoms with E-state index < -0.39 is 5.97 Å². The maximum atomic E-state index is 10.4. The zero-order valence-electron chi connectivity index (χ0n) is 10.0. The van der Waals surface area contributed by atoms with Gasteiger partial charge in [0, 0.05) is 17.1 Å². The molecule has 0 atom stereocenters. The summed E-state index contributed by atoms with van der Waals surface area (Å²) in [5, 5.41) is 8.53. The van der Waals surface area contributed by atoms with Crippen molar-refractivity contribution in [2.75, 3.05) is 5.75 Å². The smallest absolute Gasteiger partial charge is 0.303 e. The van der Waals surface area contributed by atoms with Gasteiger partial charge in [0.05, 0.1) is 0 Å². The van der Waals surface area contributed by atoms with E-state index in [1.54, 1.807) is 21.6 Å². The van der Waals surface area contributed by atoms with Crippen LogP contribution in [0.15, 0.2) is 34.8 Å². The number of allylic oxidation sites excluding steroid dienone is 5. The highest BCUT2D eigenvalue weighted by Gasteiger charge is 2.03. The molecular formula is C13H18O2S2. The molecule has 0 aromatic rings. The van der Waals surface area contributed by atoms with Crippen LogP contribution < -0.4 is 0 Å². The molecule has 0 bridgehead atoms. The Hall–Kier alpha value is -0.610. The molecule has 2 nitrogen and oxygen atoms in total. The fraction of sp³-hybridized carbons (Fsp3) is 0.462. The van der Waals surface area contributed by atoms with Gasteiger partial charge in [0.1, 0.15) is 0 Å². The largest absolute Gasteiger partial charge is 0.481 e. The van der Waals surface area contributed by atoms with E-state index in [0.717, 1.165) is 25.0 Å². The molecule has 1 aliphatic carbocycles. The van der Waals surface area contributed by atoms with Crippen LogP contribution >= 0.6 is 21.6 Å². The highest BCUT2D eigenvalue weighted by atomic mass is 33.1. The van der Waals surface area contributed by atoms with Crippen molar-refractivity contribution in [3.05, 3.63) is 34.8 Å². The number of carboxylic acid groups (broad SMARTS) is 1. The second-order valence-electron chi connectivity index (χ2n) is 3.87.